The molecule has 2 amide bonds. The predicted molar refractivity (Wildman–Crippen MR) is 148 cm³/mol. The minimum atomic E-state index is -0.571. The van der Waals surface area contributed by atoms with Crippen molar-refractivity contribution in [2.45, 2.75) is 44.2 Å². The number of halogens is 2. The van der Waals surface area contributed by atoms with Crippen LogP contribution in [0.15, 0.2) is 72.8 Å². The van der Waals surface area contributed by atoms with E-state index >= 15 is 0 Å². The monoisotopic (exact) mass is 533 g/mol. The van der Waals surface area contributed by atoms with Gasteiger partial charge in [0.1, 0.15) is 5.82 Å². The molecule has 3 aromatic rings. The van der Waals surface area contributed by atoms with Crippen molar-refractivity contribution >= 4 is 23.4 Å². The Labute approximate surface area is 228 Å². The van der Waals surface area contributed by atoms with Gasteiger partial charge in [-0.15, -0.1) is 0 Å². The maximum absolute atomic E-state index is 14.0. The van der Waals surface area contributed by atoms with Crippen LogP contribution in [0.5, 0.6) is 0 Å². The molecule has 2 aliphatic heterocycles. The van der Waals surface area contributed by atoms with Crippen molar-refractivity contribution in [3.63, 3.8) is 0 Å². The molecule has 5 nitrogen and oxygen atoms in total. The van der Waals surface area contributed by atoms with E-state index in [1.807, 2.05) is 17.0 Å². The standard InChI is InChI=1S/C31H33ClFN3O2/c1-22(37)34-31(25-6-4-7-27(33)21-25)15-19-35(20-16-31)17-14-29-28-8-3-2-5-23(28)13-18-36(29)30(38)24-9-11-26(32)12-10-24/h2-12,21,29H,13-20H2,1H3,(H,34,37). The number of likely N-dealkylation sites (tertiary alicyclic amines) is 1. The SMILES string of the molecule is CC(=O)NC1(c2cccc(F)c2)CCN(CCC2c3ccccc3CCN2C(=O)c2ccc(Cl)cc2)CC1. The second kappa shape index (κ2) is 11.3. The first-order valence-corrected chi connectivity index (χ1v) is 13.6. The maximum atomic E-state index is 14.0. The van der Waals surface area contributed by atoms with Gasteiger partial charge in [-0.2, -0.15) is 0 Å². The Balaban J connectivity index is 1.31. The molecule has 0 saturated carbocycles. The largest absolute Gasteiger partial charge is 0.347 e. The fraction of sp³-hybridized carbons (Fsp3) is 0.355. The summed E-state index contributed by atoms with van der Waals surface area (Å²) in [5.41, 5.74) is 3.40. The van der Waals surface area contributed by atoms with E-state index in [9.17, 15) is 14.0 Å². The lowest BCUT2D eigenvalue weighted by Crippen LogP contribution is -2.53. The first-order chi connectivity index (χ1) is 18.3. The van der Waals surface area contributed by atoms with Gasteiger partial charge in [0.25, 0.3) is 5.91 Å². The van der Waals surface area contributed by atoms with E-state index in [1.54, 1.807) is 30.3 Å². The van der Waals surface area contributed by atoms with Gasteiger partial charge < -0.3 is 15.1 Å². The summed E-state index contributed by atoms with van der Waals surface area (Å²) < 4.78 is 14.0. The third-order valence-electron chi connectivity index (χ3n) is 7.99. The van der Waals surface area contributed by atoms with Crippen molar-refractivity contribution in [3.05, 3.63) is 106 Å². The fourth-order valence-electron chi connectivity index (χ4n) is 6.04. The molecule has 1 N–H and O–H groups in total. The number of piperidine rings is 1. The van der Waals surface area contributed by atoms with Crippen molar-refractivity contribution in [1.82, 2.24) is 15.1 Å². The molecule has 0 spiro atoms. The Morgan fingerprint density at radius 2 is 1.74 bits per heavy atom. The Kier molecular flexibility index (Phi) is 7.82. The molecule has 2 aliphatic rings. The Bertz CT molecular complexity index is 1300. The molecule has 2 heterocycles. The topological polar surface area (TPSA) is 52.7 Å². The lowest BCUT2D eigenvalue weighted by molar-refractivity contribution is -0.121. The van der Waals surface area contributed by atoms with E-state index in [2.05, 4.69) is 28.4 Å². The Hall–Kier alpha value is -3.22. The van der Waals surface area contributed by atoms with Gasteiger partial charge in [-0.3, -0.25) is 9.59 Å². The summed E-state index contributed by atoms with van der Waals surface area (Å²) in [4.78, 5) is 30.0. The number of benzene rings is 3. The van der Waals surface area contributed by atoms with E-state index in [4.69, 9.17) is 11.6 Å². The van der Waals surface area contributed by atoms with Crippen LogP contribution in [-0.2, 0) is 16.8 Å². The third kappa shape index (κ3) is 5.62. The highest BCUT2D eigenvalue weighted by Gasteiger charge is 2.38. The molecule has 0 bridgehead atoms. The first-order valence-electron chi connectivity index (χ1n) is 13.3. The molecule has 198 valence electrons. The summed E-state index contributed by atoms with van der Waals surface area (Å²) in [7, 11) is 0. The second-order valence-corrected chi connectivity index (χ2v) is 10.8. The highest BCUT2D eigenvalue weighted by Crippen LogP contribution is 2.36. The number of amides is 2. The summed E-state index contributed by atoms with van der Waals surface area (Å²) in [6, 6.07) is 22.1. The number of hydrogen-bond donors (Lipinski definition) is 1. The number of carbonyl (C=O) groups excluding carboxylic acids is 2. The van der Waals surface area contributed by atoms with Crippen LogP contribution in [0.4, 0.5) is 4.39 Å². The number of nitrogens with zero attached hydrogens (tertiary/aromatic N) is 2. The molecule has 7 heteroatoms. The molecular weight excluding hydrogens is 501 g/mol. The molecule has 1 saturated heterocycles. The van der Waals surface area contributed by atoms with Gasteiger partial charge in [0, 0.05) is 43.7 Å². The van der Waals surface area contributed by atoms with Crippen LogP contribution in [0, 0.1) is 5.82 Å². The molecule has 0 radical (unpaired) electrons. The molecular formula is C31H33ClFN3O2. The third-order valence-corrected chi connectivity index (χ3v) is 8.24. The lowest BCUT2D eigenvalue weighted by Gasteiger charge is -2.44. The number of carbonyl (C=O) groups is 2. The minimum Gasteiger partial charge on any atom is -0.347 e. The van der Waals surface area contributed by atoms with Gasteiger partial charge in [-0.05, 0) is 78.8 Å². The average molecular weight is 534 g/mol. The van der Waals surface area contributed by atoms with E-state index in [0.717, 1.165) is 38.0 Å². The molecule has 38 heavy (non-hydrogen) atoms. The molecule has 1 unspecified atom stereocenters. The van der Waals surface area contributed by atoms with Crippen molar-refractivity contribution in [2.75, 3.05) is 26.2 Å². The smallest absolute Gasteiger partial charge is 0.254 e. The Morgan fingerprint density at radius 3 is 2.45 bits per heavy atom. The lowest BCUT2D eigenvalue weighted by atomic mass is 9.80. The zero-order valence-electron chi connectivity index (χ0n) is 21.6. The summed E-state index contributed by atoms with van der Waals surface area (Å²) in [5, 5.41) is 3.74. The highest BCUT2D eigenvalue weighted by atomic mass is 35.5. The van der Waals surface area contributed by atoms with Crippen molar-refractivity contribution in [3.8, 4) is 0 Å². The van der Waals surface area contributed by atoms with E-state index < -0.39 is 5.54 Å². The minimum absolute atomic E-state index is 0.0200. The first kappa shape index (κ1) is 26.4. The quantitative estimate of drug-likeness (QED) is 0.440. The normalized spacial score (nSPS) is 19.0. The van der Waals surface area contributed by atoms with Gasteiger partial charge >= 0.3 is 0 Å². The van der Waals surface area contributed by atoms with Crippen LogP contribution in [0.3, 0.4) is 0 Å². The molecule has 0 aromatic heterocycles. The summed E-state index contributed by atoms with van der Waals surface area (Å²) >= 11 is 6.06. The number of nitrogens with one attached hydrogen (secondary N) is 1. The van der Waals surface area contributed by atoms with Crippen LogP contribution < -0.4 is 5.32 Å². The molecule has 5 rings (SSSR count). The molecule has 3 aromatic carbocycles. The van der Waals surface area contributed by atoms with Crippen LogP contribution in [0.2, 0.25) is 5.02 Å². The zero-order chi connectivity index (χ0) is 26.7. The van der Waals surface area contributed by atoms with E-state index in [1.165, 1.54) is 30.2 Å². The van der Waals surface area contributed by atoms with Gasteiger partial charge in [0.05, 0.1) is 11.6 Å². The molecule has 1 atom stereocenters. The van der Waals surface area contributed by atoms with Crippen molar-refractivity contribution in [2.24, 2.45) is 0 Å². The predicted octanol–water partition coefficient (Wildman–Crippen LogP) is 5.74. The fourth-order valence-corrected chi connectivity index (χ4v) is 6.16. The summed E-state index contributed by atoms with van der Waals surface area (Å²) in [5.74, 6) is -0.385. The van der Waals surface area contributed by atoms with Gasteiger partial charge in [-0.25, -0.2) is 4.39 Å². The zero-order valence-corrected chi connectivity index (χ0v) is 22.4. The van der Waals surface area contributed by atoms with Crippen LogP contribution in [0.1, 0.15) is 59.3 Å². The van der Waals surface area contributed by atoms with E-state index in [0.29, 0.717) is 30.0 Å². The second-order valence-electron chi connectivity index (χ2n) is 10.4. The molecule has 1 fully saturated rings. The van der Waals surface area contributed by atoms with Gasteiger partial charge in [0.2, 0.25) is 5.91 Å². The summed E-state index contributed by atoms with van der Waals surface area (Å²) in [6.45, 7) is 4.56. The highest BCUT2D eigenvalue weighted by molar-refractivity contribution is 6.30. The van der Waals surface area contributed by atoms with Gasteiger partial charge in [0.15, 0.2) is 0 Å². The average Bonchev–Trinajstić information content (AvgIpc) is 2.92. The summed E-state index contributed by atoms with van der Waals surface area (Å²) in [6.07, 6.45) is 3.04. The van der Waals surface area contributed by atoms with Crippen LogP contribution in [-0.4, -0.2) is 47.8 Å². The number of hydrogen-bond acceptors (Lipinski definition) is 3. The van der Waals surface area contributed by atoms with Crippen molar-refractivity contribution in [1.29, 1.82) is 0 Å². The Morgan fingerprint density at radius 1 is 1.00 bits per heavy atom. The maximum Gasteiger partial charge on any atom is 0.254 e. The number of rotatable bonds is 6. The van der Waals surface area contributed by atoms with Crippen LogP contribution in [0.25, 0.3) is 0 Å². The van der Waals surface area contributed by atoms with Crippen molar-refractivity contribution < 1.29 is 14.0 Å². The van der Waals surface area contributed by atoms with Crippen LogP contribution >= 0.6 is 11.6 Å². The molecule has 0 aliphatic carbocycles. The van der Waals surface area contributed by atoms with Gasteiger partial charge in [-0.1, -0.05) is 48.0 Å². The number of fused-ring (bicyclic) bond motifs is 1. The van der Waals surface area contributed by atoms with E-state index in [-0.39, 0.29) is 23.7 Å².